The number of piperidine rings is 1. The van der Waals surface area contributed by atoms with Crippen LogP contribution in [-0.2, 0) is 21.4 Å². The van der Waals surface area contributed by atoms with Gasteiger partial charge in [-0.2, -0.15) is 9.29 Å². The quantitative estimate of drug-likeness (QED) is 0.561. The lowest BCUT2D eigenvalue weighted by Gasteiger charge is -2.33. The van der Waals surface area contributed by atoms with Gasteiger partial charge in [-0.15, -0.1) is 11.3 Å². The van der Waals surface area contributed by atoms with Crippen molar-refractivity contribution in [3.63, 3.8) is 0 Å². The number of sulfonamides is 1. The van der Waals surface area contributed by atoms with Gasteiger partial charge >= 0.3 is 0 Å². The van der Waals surface area contributed by atoms with Crippen molar-refractivity contribution in [2.24, 2.45) is 5.92 Å². The van der Waals surface area contributed by atoms with Gasteiger partial charge in [0.05, 0.1) is 22.2 Å². The summed E-state index contributed by atoms with van der Waals surface area (Å²) < 4.78 is 32.7. The summed E-state index contributed by atoms with van der Waals surface area (Å²) in [5, 5.41) is 5.90. The molecule has 0 radical (unpaired) electrons. The predicted octanol–water partition coefficient (Wildman–Crippen LogP) is 3.17. The third kappa shape index (κ3) is 4.70. The molecule has 0 spiro atoms. The number of aromatic nitrogens is 2. The monoisotopic (exact) mass is 460 g/mol. The van der Waals surface area contributed by atoms with E-state index in [4.69, 9.17) is 4.52 Å². The summed E-state index contributed by atoms with van der Waals surface area (Å²) in [5.74, 6) is 0.316. The van der Waals surface area contributed by atoms with E-state index >= 15 is 0 Å². The van der Waals surface area contributed by atoms with Crippen molar-refractivity contribution >= 4 is 27.3 Å². The van der Waals surface area contributed by atoms with Crippen LogP contribution in [0.15, 0.2) is 51.2 Å². The fourth-order valence-corrected chi connectivity index (χ4v) is 5.81. The number of hydrogen-bond acceptors (Lipinski definition) is 7. The molecule has 1 fully saturated rings. The van der Waals surface area contributed by atoms with Crippen molar-refractivity contribution in [2.75, 3.05) is 20.1 Å². The average Bonchev–Trinajstić information content (AvgIpc) is 3.45. The van der Waals surface area contributed by atoms with Crippen LogP contribution in [0.5, 0.6) is 0 Å². The van der Waals surface area contributed by atoms with Crippen LogP contribution in [0.2, 0.25) is 0 Å². The molecule has 1 aromatic carbocycles. The third-order valence-electron chi connectivity index (χ3n) is 5.35. The van der Waals surface area contributed by atoms with Crippen LogP contribution in [0.4, 0.5) is 0 Å². The first-order valence-corrected chi connectivity index (χ1v) is 12.3. The van der Waals surface area contributed by atoms with E-state index in [1.165, 1.54) is 20.5 Å². The molecule has 8 nitrogen and oxygen atoms in total. The lowest BCUT2D eigenvalue weighted by atomic mass is 9.98. The third-order valence-corrected chi connectivity index (χ3v) is 8.10. The van der Waals surface area contributed by atoms with Gasteiger partial charge in [0.1, 0.15) is 0 Å². The molecule has 2 aromatic heterocycles. The molecule has 1 saturated heterocycles. The minimum absolute atomic E-state index is 0.125. The molecule has 31 heavy (non-hydrogen) atoms. The molecule has 1 atom stereocenters. The van der Waals surface area contributed by atoms with Crippen molar-refractivity contribution < 1.29 is 17.7 Å². The number of aryl methyl sites for hydroxylation is 1. The fourth-order valence-electron chi connectivity index (χ4n) is 3.64. The lowest BCUT2D eigenvalue weighted by Crippen LogP contribution is -2.45. The summed E-state index contributed by atoms with van der Waals surface area (Å²) in [5.41, 5.74) is 0.996. The molecule has 3 heterocycles. The molecule has 10 heteroatoms. The number of hydrogen-bond donors (Lipinski definition) is 0. The van der Waals surface area contributed by atoms with E-state index < -0.39 is 15.9 Å². The topological polar surface area (TPSA) is 96.6 Å². The molecule has 3 aromatic rings. The Morgan fingerprint density at radius 3 is 2.77 bits per heavy atom. The molecule has 0 aliphatic carbocycles. The number of amides is 1. The minimum Gasteiger partial charge on any atom is -0.337 e. The van der Waals surface area contributed by atoms with Gasteiger partial charge in [0.2, 0.25) is 27.6 Å². The van der Waals surface area contributed by atoms with E-state index in [9.17, 15) is 13.2 Å². The zero-order valence-electron chi connectivity index (χ0n) is 17.4. The highest BCUT2D eigenvalue weighted by Crippen LogP contribution is 2.26. The first-order valence-electron chi connectivity index (χ1n) is 10.0. The van der Waals surface area contributed by atoms with Gasteiger partial charge in [-0.1, -0.05) is 28.9 Å². The summed E-state index contributed by atoms with van der Waals surface area (Å²) >= 11 is 1.51. The van der Waals surface area contributed by atoms with Crippen LogP contribution >= 0.6 is 11.3 Å². The predicted molar refractivity (Wildman–Crippen MR) is 117 cm³/mol. The van der Waals surface area contributed by atoms with Crippen molar-refractivity contribution in [1.29, 1.82) is 0 Å². The van der Waals surface area contributed by atoms with Gasteiger partial charge in [0.25, 0.3) is 0 Å². The second kappa shape index (κ2) is 8.89. The normalized spacial score (nSPS) is 17.5. The lowest BCUT2D eigenvalue weighted by molar-refractivity contribution is -0.136. The maximum atomic E-state index is 13.0. The van der Waals surface area contributed by atoms with Gasteiger partial charge in [-0.3, -0.25) is 4.79 Å². The number of carbonyl (C=O) groups excluding carboxylic acids is 1. The van der Waals surface area contributed by atoms with Crippen LogP contribution in [0.1, 0.15) is 24.3 Å². The largest absolute Gasteiger partial charge is 0.337 e. The van der Waals surface area contributed by atoms with Gasteiger partial charge < -0.3 is 9.42 Å². The van der Waals surface area contributed by atoms with Gasteiger partial charge in [-0.25, -0.2) is 8.42 Å². The van der Waals surface area contributed by atoms with Gasteiger partial charge in [0.15, 0.2) is 0 Å². The average molecular weight is 461 g/mol. The molecule has 164 valence electrons. The Bertz CT molecular complexity index is 1140. The zero-order chi connectivity index (χ0) is 22.0. The standard InChI is InChI=1S/C21H24N4O4S2/c1-15-7-9-17(10-8-15)31(27,28)25-11-3-5-16(13-25)21(26)24(2)14-19-22-20(23-29-19)18-6-4-12-30-18/h4,6-10,12,16H,3,5,11,13-14H2,1-2H3/t16-/m1/s1. The maximum Gasteiger partial charge on any atom is 0.246 e. The van der Waals surface area contributed by atoms with E-state index in [-0.39, 0.29) is 23.9 Å². The smallest absolute Gasteiger partial charge is 0.246 e. The summed E-state index contributed by atoms with van der Waals surface area (Å²) in [7, 11) is -1.96. The molecule has 0 unspecified atom stereocenters. The van der Waals surface area contributed by atoms with Crippen LogP contribution in [0.25, 0.3) is 10.7 Å². The number of nitrogens with zero attached hydrogens (tertiary/aromatic N) is 4. The minimum atomic E-state index is -3.63. The van der Waals surface area contributed by atoms with E-state index in [1.807, 2.05) is 24.4 Å². The SMILES string of the molecule is Cc1ccc(S(=O)(=O)N2CCC[C@@H](C(=O)N(C)Cc3nc(-c4cccs4)no3)C2)cc1. The van der Waals surface area contributed by atoms with Crippen molar-refractivity contribution in [3.8, 4) is 10.7 Å². The molecule has 1 amide bonds. The molecule has 1 aliphatic rings. The van der Waals surface area contributed by atoms with E-state index in [0.717, 1.165) is 10.4 Å². The Labute approximate surface area is 185 Å². The molecule has 4 rings (SSSR count). The van der Waals surface area contributed by atoms with Gasteiger partial charge in [0, 0.05) is 20.1 Å². The number of thiophene rings is 1. The summed E-state index contributed by atoms with van der Waals surface area (Å²) in [6.45, 7) is 2.67. The first-order chi connectivity index (χ1) is 14.8. The first kappa shape index (κ1) is 21.7. The van der Waals surface area contributed by atoms with E-state index in [0.29, 0.717) is 31.1 Å². The van der Waals surface area contributed by atoms with Crippen LogP contribution in [0.3, 0.4) is 0 Å². The van der Waals surface area contributed by atoms with Crippen molar-refractivity contribution in [1.82, 2.24) is 19.3 Å². The summed E-state index contributed by atoms with van der Waals surface area (Å²) in [6.07, 6.45) is 1.28. The number of benzene rings is 1. The second-order valence-electron chi connectivity index (χ2n) is 7.70. The number of carbonyl (C=O) groups is 1. The summed E-state index contributed by atoms with van der Waals surface area (Å²) in [6, 6.07) is 10.6. The molecular weight excluding hydrogens is 436 g/mol. The fraction of sp³-hybridized carbons (Fsp3) is 0.381. The Morgan fingerprint density at radius 1 is 1.29 bits per heavy atom. The molecular formula is C21H24N4O4S2. The van der Waals surface area contributed by atoms with Crippen LogP contribution < -0.4 is 0 Å². The summed E-state index contributed by atoms with van der Waals surface area (Å²) in [4.78, 5) is 20.0. The highest BCUT2D eigenvalue weighted by atomic mass is 32.2. The molecule has 0 bridgehead atoms. The maximum absolute atomic E-state index is 13.0. The zero-order valence-corrected chi connectivity index (χ0v) is 19.0. The Balaban J connectivity index is 1.42. The van der Waals surface area contributed by atoms with E-state index in [2.05, 4.69) is 10.1 Å². The molecule has 0 N–H and O–H groups in total. The molecule has 0 saturated carbocycles. The Morgan fingerprint density at radius 2 is 2.06 bits per heavy atom. The Hall–Kier alpha value is -2.56. The highest BCUT2D eigenvalue weighted by Gasteiger charge is 2.34. The van der Waals surface area contributed by atoms with Crippen molar-refractivity contribution in [2.45, 2.75) is 31.2 Å². The molecule has 1 aliphatic heterocycles. The highest BCUT2D eigenvalue weighted by molar-refractivity contribution is 7.89. The van der Waals surface area contributed by atoms with Crippen LogP contribution in [-0.4, -0.2) is 53.8 Å². The second-order valence-corrected chi connectivity index (χ2v) is 10.6. The van der Waals surface area contributed by atoms with Gasteiger partial charge in [-0.05, 0) is 43.3 Å². The Kier molecular flexibility index (Phi) is 6.22. The van der Waals surface area contributed by atoms with Crippen molar-refractivity contribution in [3.05, 3.63) is 53.2 Å². The van der Waals surface area contributed by atoms with Crippen LogP contribution in [0, 0.1) is 12.8 Å². The van der Waals surface area contributed by atoms with E-state index in [1.54, 1.807) is 31.3 Å². The number of rotatable bonds is 6.